The third kappa shape index (κ3) is 6.92. The summed E-state index contributed by atoms with van der Waals surface area (Å²) in [6.45, 7) is 9.18. The van der Waals surface area contributed by atoms with Crippen LogP contribution in [0.1, 0.15) is 52.9 Å². The molecule has 0 unspecified atom stereocenters. The topological polar surface area (TPSA) is 43.8 Å². The highest BCUT2D eigenvalue weighted by atomic mass is 16.3. The second-order valence-electron chi connectivity index (χ2n) is 6.26. The van der Waals surface area contributed by atoms with Crippen molar-refractivity contribution in [3.8, 4) is 0 Å². The number of rotatable bonds is 5. The molecule has 1 aliphatic heterocycles. The SMILES string of the molecule is CCN(CC(=O)N1CCCCCCC1)CC(C)(C)O. The van der Waals surface area contributed by atoms with Crippen molar-refractivity contribution >= 4 is 5.91 Å². The normalized spacial score (nSPS) is 18.3. The highest BCUT2D eigenvalue weighted by Crippen LogP contribution is 2.11. The summed E-state index contributed by atoms with van der Waals surface area (Å²) in [5.41, 5.74) is -0.743. The van der Waals surface area contributed by atoms with E-state index in [4.69, 9.17) is 0 Å². The smallest absolute Gasteiger partial charge is 0.236 e. The Labute approximate surface area is 117 Å². The van der Waals surface area contributed by atoms with E-state index in [2.05, 4.69) is 0 Å². The first-order valence-corrected chi connectivity index (χ1v) is 7.65. The summed E-state index contributed by atoms with van der Waals surface area (Å²) < 4.78 is 0. The van der Waals surface area contributed by atoms with E-state index in [1.54, 1.807) is 13.8 Å². The fourth-order valence-corrected chi connectivity index (χ4v) is 2.61. The van der Waals surface area contributed by atoms with Crippen molar-refractivity contribution in [2.75, 3.05) is 32.7 Å². The molecule has 1 heterocycles. The summed E-state index contributed by atoms with van der Waals surface area (Å²) in [5.74, 6) is 0.216. The lowest BCUT2D eigenvalue weighted by atomic mass is 10.1. The van der Waals surface area contributed by atoms with Crippen LogP contribution >= 0.6 is 0 Å². The molecule has 1 rings (SSSR count). The summed E-state index contributed by atoms with van der Waals surface area (Å²) in [7, 11) is 0. The standard InChI is InChI=1S/C15H30N2O2/c1-4-16(13-15(2,3)19)12-14(18)17-10-8-6-5-7-9-11-17/h19H,4-13H2,1-3H3. The van der Waals surface area contributed by atoms with Crippen molar-refractivity contribution in [2.45, 2.75) is 58.5 Å². The maximum Gasteiger partial charge on any atom is 0.236 e. The molecule has 0 spiro atoms. The molecular formula is C15H30N2O2. The lowest BCUT2D eigenvalue weighted by molar-refractivity contribution is -0.133. The van der Waals surface area contributed by atoms with Crippen LogP contribution in [0, 0.1) is 0 Å². The molecule has 1 N–H and O–H groups in total. The Kier molecular flexibility index (Phi) is 6.80. The molecule has 1 fully saturated rings. The van der Waals surface area contributed by atoms with Gasteiger partial charge in [0, 0.05) is 19.6 Å². The highest BCUT2D eigenvalue weighted by Gasteiger charge is 2.22. The number of hydrogen-bond acceptors (Lipinski definition) is 3. The molecule has 0 aromatic heterocycles. The molecule has 1 saturated heterocycles. The van der Waals surface area contributed by atoms with Crippen molar-refractivity contribution in [1.82, 2.24) is 9.80 Å². The molecule has 112 valence electrons. The van der Waals surface area contributed by atoms with Crippen LogP contribution in [0.15, 0.2) is 0 Å². The van der Waals surface area contributed by atoms with Gasteiger partial charge in [0.2, 0.25) is 5.91 Å². The quantitative estimate of drug-likeness (QED) is 0.829. The molecule has 1 amide bonds. The molecule has 0 bridgehead atoms. The van der Waals surface area contributed by atoms with Crippen LogP contribution in [0.4, 0.5) is 0 Å². The number of amides is 1. The number of carbonyl (C=O) groups is 1. The molecule has 0 atom stereocenters. The summed E-state index contributed by atoms with van der Waals surface area (Å²) in [6, 6.07) is 0. The number of nitrogens with zero attached hydrogens (tertiary/aromatic N) is 2. The molecule has 0 aromatic carbocycles. The first-order chi connectivity index (χ1) is 8.92. The number of likely N-dealkylation sites (N-methyl/N-ethyl adjacent to an activating group) is 1. The maximum absolute atomic E-state index is 12.3. The second kappa shape index (κ2) is 7.85. The predicted molar refractivity (Wildman–Crippen MR) is 78.1 cm³/mol. The molecule has 1 aliphatic rings. The summed E-state index contributed by atoms with van der Waals surface area (Å²) in [6.07, 6.45) is 6.05. The van der Waals surface area contributed by atoms with Gasteiger partial charge in [0.05, 0.1) is 12.1 Å². The van der Waals surface area contributed by atoms with E-state index in [1.165, 1.54) is 19.3 Å². The lowest BCUT2D eigenvalue weighted by Gasteiger charge is -2.31. The second-order valence-corrected chi connectivity index (χ2v) is 6.26. The Morgan fingerprint density at radius 2 is 1.68 bits per heavy atom. The average molecular weight is 270 g/mol. The number of carbonyl (C=O) groups excluding carboxylic acids is 1. The van der Waals surface area contributed by atoms with Crippen LogP contribution in [-0.2, 0) is 4.79 Å². The largest absolute Gasteiger partial charge is 0.389 e. The third-order valence-corrected chi connectivity index (χ3v) is 3.63. The zero-order valence-electron chi connectivity index (χ0n) is 12.8. The van der Waals surface area contributed by atoms with Crippen LogP contribution in [-0.4, -0.2) is 59.1 Å². The fourth-order valence-electron chi connectivity index (χ4n) is 2.61. The summed E-state index contributed by atoms with van der Waals surface area (Å²) in [5, 5.41) is 9.86. The van der Waals surface area contributed by atoms with Gasteiger partial charge in [-0.15, -0.1) is 0 Å². The molecule has 4 heteroatoms. The van der Waals surface area contributed by atoms with Crippen LogP contribution in [0.3, 0.4) is 0 Å². The van der Waals surface area contributed by atoms with Gasteiger partial charge in [0.25, 0.3) is 0 Å². The van der Waals surface area contributed by atoms with Gasteiger partial charge in [-0.3, -0.25) is 9.69 Å². The van der Waals surface area contributed by atoms with Gasteiger partial charge >= 0.3 is 0 Å². The van der Waals surface area contributed by atoms with Crippen LogP contribution in [0.2, 0.25) is 0 Å². The minimum atomic E-state index is -0.743. The molecule has 0 saturated carbocycles. The number of likely N-dealkylation sites (tertiary alicyclic amines) is 1. The predicted octanol–water partition coefficient (Wildman–Crippen LogP) is 1.87. The Balaban J connectivity index is 2.45. The summed E-state index contributed by atoms with van der Waals surface area (Å²) >= 11 is 0. The zero-order valence-corrected chi connectivity index (χ0v) is 12.8. The molecule has 0 aliphatic carbocycles. The van der Waals surface area contributed by atoms with Crippen molar-refractivity contribution in [1.29, 1.82) is 0 Å². The molecule has 0 aromatic rings. The van der Waals surface area contributed by atoms with Crippen molar-refractivity contribution < 1.29 is 9.90 Å². The van der Waals surface area contributed by atoms with E-state index >= 15 is 0 Å². The lowest BCUT2D eigenvalue weighted by Crippen LogP contribution is -2.46. The number of hydrogen-bond donors (Lipinski definition) is 1. The molecule has 19 heavy (non-hydrogen) atoms. The Hall–Kier alpha value is -0.610. The molecule has 0 radical (unpaired) electrons. The van der Waals surface area contributed by atoms with Crippen molar-refractivity contribution in [3.63, 3.8) is 0 Å². The zero-order chi connectivity index (χ0) is 14.3. The first kappa shape index (κ1) is 16.4. The monoisotopic (exact) mass is 270 g/mol. The minimum absolute atomic E-state index is 0.216. The Bertz CT molecular complexity index is 266. The number of aliphatic hydroxyl groups is 1. The van der Waals surface area contributed by atoms with Gasteiger partial charge in [-0.25, -0.2) is 0 Å². The van der Waals surface area contributed by atoms with Crippen LogP contribution < -0.4 is 0 Å². The van der Waals surface area contributed by atoms with E-state index < -0.39 is 5.60 Å². The minimum Gasteiger partial charge on any atom is -0.389 e. The van der Waals surface area contributed by atoms with Crippen molar-refractivity contribution in [2.24, 2.45) is 0 Å². The van der Waals surface area contributed by atoms with E-state index in [-0.39, 0.29) is 5.91 Å². The van der Waals surface area contributed by atoms with E-state index in [9.17, 15) is 9.90 Å². The summed E-state index contributed by atoms with van der Waals surface area (Å²) in [4.78, 5) is 16.4. The first-order valence-electron chi connectivity index (χ1n) is 7.65. The van der Waals surface area contributed by atoms with Crippen LogP contribution in [0.5, 0.6) is 0 Å². The Morgan fingerprint density at radius 1 is 1.16 bits per heavy atom. The Morgan fingerprint density at radius 3 is 2.16 bits per heavy atom. The van der Waals surface area contributed by atoms with Gasteiger partial charge in [-0.1, -0.05) is 26.2 Å². The highest BCUT2D eigenvalue weighted by molar-refractivity contribution is 5.78. The van der Waals surface area contributed by atoms with Gasteiger partial charge in [-0.2, -0.15) is 0 Å². The average Bonchev–Trinajstić information content (AvgIpc) is 2.25. The van der Waals surface area contributed by atoms with E-state index in [0.717, 1.165) is 32.5 Å². The maximum atomic E-state index is 12.3. The van der Waals surface area contributed by atoms with Gasteiger partial charge in [0.1, 0.15) is 0 Å². The van der Waals surface area contributed by atoms with Gasteiger partial charge in [-0.05, 0) is 33.2 Å². The van der Waals surface area contributed by atoms with Gasteiger partial charge < -0.3 is 10.0 Å². The van der Waals surface area contributed by atoms with E-state index in [1.807, 2.05) is 16.7 Å². The van der Waals surface area contributed by atoms with E-state index in [0.29, 0.717) is 13.1 Å². The van der Waals surface area contributed by atoms with Crippen LogP contribution in [0.25, 0.3) is 0 Å². The molecular weight excluding hydrogens is 240 g/mol. The third-order valence-electron chi connectivity index (χ3n) is 3.63. The fraction of sp³-hybridized carbons (Fsp3) is 0.933. The molecule has 4 nitrogen and oxygen atoms in total. The van der Waals surface area contributed by atoms with Gasteiger partial charge in [0.15, 0.2) is 0 Å². The van der Waals surface area contributed by atoms with Crippen molar-refractivity contribution in [3.05, 3.63) is 0 Å².